The van der Waals surface area contributed by atoms with Gasteiger partial charge in [0.2, 0.25) is 0 Å². The summed E-state index contributed by atoms with van der Waals surface area (Å²) >= 11 is 0. The molecule has 4 nitrogen and oxygen atoms in total. The van der Waals surface area contributed by atoms with Gasteiger partial charge in [0.05, 0.1) is 0 Å². The molecule has 0 aliphatic heterocycles. The molecule has 0 aliphatic carbocycles. The molecule has 0 spiro atoms. The zero-order valence-electron chi connectivity index (χ0n) is 13.5. The van der Waals surface area contributed by atoms with Crippen LogP contribution in [-0.4, -0.2) is 23.1 Å². The Hall–Kier alpha value is -1.58. The second kappa shape index (κ2) is 6.73. The van der Waals surface area contributed by atoms with Crippen molar-refractivity contribution in [1.82, 2.24) is 0 Å². The minimum Gasteiger partial charge on any atom is -0.456 e. The molecule has 0 aromatic heterocycles. The second-order valence-electron chi connectivity index (χ2n) is 6.08. The van der Waals surface area contributed by atoms with Gasteiger partial charge in [0, 0.05) is 17.6 Å². The van der Waals surface area contributed by atoms with Gasteiger partial charge in [0.25, 0.3) is 0 Å². The fourth-order valence-corrected chi connectivity index (χ4v) is 1.82. The Bertz CT molecular complexity index is 420. The van der Waals surface area contributed by atoms with E-state index in [0.717, 1.165) is 0 Å². The minimum absolute atomic E-state index is 0.343. The fourth-order valence-electron chi connectivity index (χ4n) is 1.82. The second-order valence-corrected chi connectivity index (χ2v) is 6.08. The van der Waals surface area contributed by atoms with Crippen molar-refractivity contribution >= 4 is 11.9 Å². The van der Waals surface area contributed by atoms with Gasteiger partial charge in [0.15, 0.2) is 0 Å². The first-order valence-corrected chi connectivity index (χ1v) is 6.70. The summed E-state index contributed by atoms with van der Waals surface area (Å²) in [6.07, 6.45) is 1.01. The summed E-state index contributed by atoms with van der Waals surface area (Å²) in [4.78, 5) is 23.3. The molecule has 0 radical (unpaired) electrons. The number of hydrogen-bond donors (Lipinski definition) is 0. The topological polar surface area (TPSA) is 52.6 Å². The van der Waals surface area contributed by atoms with Crippen LogP contribution in [0.3, 0.4) is 0 Å². The maximum atomic E-state index is 11.7. The molecule has 0 aliphatic rings. The summed E-state index contributed by atoms with van der Waals surface area (Å²) in [5, 5.41) is 0. The van der Waals surface area contributed by atoms with E-state index in [0.29, 0.717) is 24.0 Å². The molecule has 1 atom stereocenters. The van der Waals surface area contributed by atoms with Gasteiger partial charge < -0.3 is 9.47 Å². The highest BCUT2D eigenvalue weighted by Crippen LogP contribution is 2.30. The lowest BCUT2D eigenvalue weighted by Gasteiger charge is -2.36. The van der Waals surface area contributed by atoms with Gasteiger partial charge in [-0.15, -0.1) is 0 Å². The van der Waals surface area contributed by atoms with Crippen LogP contribution in [0.25, 0.3) is 0 Å². The molecular formula is C16H26O4. The van der Waals surface area contributed by atoms with Gasteiger partial charge in [-0.05, 0) is 41.0 Å². The largest absolute Gasteiger partial charge is 0.456 e. The van der Waals surface area contributed by atoms with Crippen molar-refractivity contribution in [3.63, 3.8) is 0 Å². The molecule has 0 N–H and O–H groups in total. The molecule has 0 saturated carbocycles. The van der Waals surface area contributed by atoms with Crippen LogP contribution in [-0.2, 0) is 19.1 Å². The third-order valence-corrected chi connectivity index (χ3v) is 2.95. The van der Waals surface area contributed by atoms with Crippen LogP contribution in [0.2, 0.25) is 0 Å². The van der Waals surface area contributed by atoms with E-state index in [1.165, 1.54) is 0 Å². The predicted octanol–water partition coefficient (Wildman–Crippen LogP) is 3.56. The number of carbonyl (C=O) groups is 2. The fraction of sp³-hybridized carbons (Fsp3) is 0.625. The predicted molar refractivity (Wildman–Crippen MR) is 79.2 cm³/mol. The molecule has 0 fully saturated rings. The first-order chi connectivity index (χ1) is 8.92. The molecule has 0 saturated heterocycles. The van der Waals surface area contributed by atoms with Crippen molar-refractivity contribution in [3.05, 3.63) is 24.3 Å². The summed E-state index contributed by atoms with van der Waals surface area (Å²) in [6.45, 7) is 17.6. The molecule has 1 unspecified atom stereocenters. The molecule has 20 heavy (non-hydrogen) atoms. The van der Waals surface area contributed by atoms with Crippen LogP contribution in [0, 0.1) is 0 Å². The summed E-state index contributed by atoms with van der Waals surface area (Å²) in [5.74, 6) is -0.879. The molecule has 114 valence electrons. The van der Waals surface area contributed by atoms with Crippen molar-refractivity contribution in [1.29, 1.82) is 0 Å². The first-order valence-electron chi connectivity index (χ1n) is 6.70. The van der Waals surface area contributed by atoms with Crippen LogP contribution in [0.4, 0.5) is 0 Å². The maximum absolute atomic E-state index is 11.7. The van der Waals surface area contributed by atoms with Crippen LogP contribution >= 0.6 is 0 Å². The first kappa shape index (κ1) is 18.4. The van der Waals surface area contributed by atoms with Crippen molar-refractivity contribution in [2.75, 3.05) is 0 Å². The molecule has 0 aromatic carbocycles. The van der Waals surface area contributed by atoms with Crippen LogP contribution in [0.1, 0.15) is 54.4 Å². The average molecular weight is 282 g/mol. The molecule has 0 heterocycles. The maximum Gasteiger partial charge on any atom is 0.333 e. The van der Waals surface area contributed by atoms with Gasteiger partial charge in [-0.25, -0.2) is 9.59 Å². The van der Waals surface area contributed by atoms with E-state index >= 15 is 0 Å². The Morgan fingerprint density at radius 2 is 1.35 bits per heavy atom. The third-order valence-electron chi connectivity index (χ3n) is 2.95. The molecule has 4 heteroatoms. The summed E-state index contributed by atoms with van der Waals surface area (Å²) in [6, 6.07) is 0. The average Bonchev–Trinajstić information content (AvgIpc) is 2.26. The van der Waals surface area contributed by atoms with Gasteiger partial charge >= 0.3 is 11.9 Å². The quantitative estimate of drug-likeness (QED) is 0.529. The Kier molecular flexibility index (Phi) is 6.20. The number of rotatable bonds is 7. The zero-order valence-corrected chi connectivity index (χ0v) is 13.5. The smallest absolute Gasteiger partial charge is 0.333 e. The molecular weight excluding hydrogens is 256 g/mol. The monoisotopic (exact) mass is 282 g/mol. The lowest BCUT2D eigenvalue weighted by molar-refractivity contribution is -0.167. The van der Waals surface area contributed by atoms with Gasteiger partial charge in [0.1, 0.15) is 11.2 Å². The number of carbonyl (C=O) groups excluding carboxylic acids is 2. The normalized spacial score (nSPS) is 14.1. The molecule has 0 rings (SSSR count). The Morgan fingerprint density at radius 1 is 0.950 bits per heavy atom. The number of ether oxygens (including phenoxy) is 2. The van der Waals surface area contributed by atoms with Crippen LogP contribution in [0.5, 0.6) is 0 Å². The van der Waals surface area contributed by atoms with Crippen molar-refractivity contribution in [2.24, 2.45) is 0 Å². The molecule has 0 amide bonds. The van der Waals surface area contributed by atoms with Crippen molar-refractivity contribution < 1.29 is 19.1 Å². The van der Waals surface area contributed by atoms with Crippen LogP contribution < -0.4 is 0 Å². The van der Waals surface area contributed by atoms with Gasteiger partial charge in [-0.2, -0.15) is 0 Å². The summed E-state index contributed by atoms with van der Waals surface area (Å²) in [5.41, 5.74) is -0.776. The van der Waals surface area contributed by atoms with Gasteiger partial charge in [-0.1, -0.05) is 20.1 Å². The van der Waals surface area contributed by atoms with Crippen LogP contribution in [0.15, 0.2) is 24.3 Å². The molecule has 0 bridgehead atoms. The lowest BCUT2D eigenvalue weighted by Crippen LogP contribution is -2.41. The van der Waals surface area contributed by atoms with Crippen molar-refractivity contribution in [2.45, 2.75) is 65.6 Å². The van der Waals surface area contributed by atoms with Gasteiger partial charge in [-0.3, -0.25) is 0 Å². The highest BCUT2D eigenvalue weighted by atomic mass is 16.6. The van der Waals surface area contributed by atoms with E-state index in [2.05, 4.69) is 13.2 Å². The van der Waals surface area contributed by atoms with E-state index in [1.54, 1.807) is 27.7 Å². The standard InChI is InChI=1S/C16H26O4/c1-9-16(8,20-14(18)12(4)5)10-15(6,7)19-13(17)11(2)3/h2,4,9-10H2,1,3,5-8H3. The third kappa shape index (κ3) is 6.04. The summed E-state index contributed by atoms with van der Waals surface area (Å²) < 4.78 is 10.9. The molecule has 0 aromatic rings. The highest BCUT2D eigenvalue weighted by molar-refractivity contribution is 5.87. The van der Waals surface area contributed by atoms with E-state index < -0.39 is 23.1 Å². The SMILES string of the molecule is C=C(C)C(=O)OC(C)(C)CC(C)(CC)OC(=O)C(=C)C. The zero-order chi connectivity index (χ0) is 16.1. The summed E-state index contributed by atoms with van der Waals surface area (Å²) in [7, 11) is 0. The van der Waals surface area contributed by atoms with E-state index in [9.17, 15) is 9.59 Å². The Morgan fingerprint density at radius 3 is 1.70 bits per heavy atom. The highest BCUT2D eigenvalue weighted by Gasteiger charge is 2.37. The van der Waals surface area contributed by atoms with E-state index in [-0.39, 0.29) is 0 Å². The Labute approximate surface area is 121 Å². The van der Waals surface area contributed by atoms with Crippen molar-refractivity contribution in [3.8, 4) is 0 Å². The van der Waals surface area contributed by atoms with E-state index in [1.807, 2.05) is 13.8 Å². The number of esters is 2. The lowest BCUT2D eigenvalue weighted by atomic mass is 9.88. The minimum atomic E-state index is -0.754. The Balaban J connectivity index is 4.91. The van der Waals surface area contributed by atoms with E-state index in [4.69, 9.17) is 9.47 Å². The number of hydrogen-bond acceptors (Lipinski definition) is 4.